The van der Waals surface area contributed by atoms with Crippen LogP contribution in [-0.2, 0) is 10.0 Å². The molecule has 21 heavy (non-hydrogen) atoms. The Hall–Kier alpha value is -1.66. The van der Waals surface area contributed by atoms with Gasteiger partial charge in [0.1, 0.15) is 0 Å². The zero-order valence-corrected chi connectivity index (χ0v) is 12.6. The Morgan fingerprint density at radius 3 is 2.81 bits per heavy atom. The normalized spacial score (nSPS) is 21.9. The highest BCUT2D eigenvalue weighted by Gasteiger charge is 2.43. The molecule has 0 spiro atoms. The number of aromatic nitrogens is 2. The van der Waals surface area contributed by atoms with E-state index in [0.717, 1.165) is 5.69 Å². The van der Waals surface area contributed by atoms with Gasteiger partial charge in [-0.2, -0.15) is 0 Å². The Morgan fingerprint density at radius 2 is 2.05 bits per heavy atom. The molecule has 2 aliphatic rings. The summed E-state index contributed by atoms with van der Waals surface area (Å²) < 4.78 is 27.6. The Bertz CT molecular complexity index is 791. The van der Waals surface area contributed by atoms with Crippen LogP contribution in [-0.4, -0.2) is 41.1 Å². The van der Waals surface area contributed by atoms with E-state index in [2.05, 4.69) is 21.7 Å². The van der Waals surface area contributed by atoms with Crippen LogP contribution in [0.15, 0.2) is 36.8 Å². The molecule has 0 amide bonds. The van der Waals surface area contributed by atoms with Crippen LogP contribution in [0.1, 0.15) is 18.5 Å². The summed E-state index contributed by atoms with van der Waals surface area (Å²) in [6, 6.07) is 8.55. The SMILES string of the molecule is CCS(=O)(=O)N1CC(C2c3ccccc3-c3cncn32)C1. The van der Waals surface area contributed by atoms with Crippen molar-refractivity contribution in [1.82, 2.24) is 13.9 Å². The van der Waals surface area contributed by atoms with Gasteiger partial charge in [0.2, 0.25) is 10.0 Å². The number of hydrogen-bond donors (Lipinski definition) is 0. The minimum absolute atomic E-state index is 0.178. The van der Waals surface area contributed by atoms with Crippen LogP contribution in [0, 0.1) is 5.92 Å². The van der Waals surface area contributed by atoms with Gasteiger partial charge < -0.3 is 4.57 Å². The molecule has 0 radical (unpaired) electrons. The topological polar surface area (TPSA) is 55.2 Å². The standard InChI is InChI=1S/C15H17N3O2S/c1-2-21(19,20)17-8-11(9-17)15-13-6-4-3-5-12(13)14-7-16-10-18(14)15/h3-7,10-11,15H,2,8-9H2,1H3. The molecular weight excluding hydrogens is 286 g/mol. The van der Waals surface area contributed by atoms with Crippen LogP contribution in [0.2, 0.25) is 0 Å². The van der Waals surface area contributed by atoms with E-state index < -0.39 is 10.0 Å². The third-order valence-electron chi connectivity index (χ3n) is 4.60. The number of sulfonamides is 1. The van der Waals surface area contributed by atoms with Crippen molar-refractivity contribution in [2.45, 2.75) is 13.0 Å². The fourth-order valence-corrected chi connectivity index (χ4v) is 4.64. The fourth-order valence-electron chi connectivity index (χ4n) is 3.43. The Balaban J connectivity index is 1.66. The number of hydrogen-bond acceptors (Lipinski definition) is 3. The summed E-state index contributed by atoms with van der Waals surface area (Å²) in [5.74, 6) is 0.500. The summed E-state index contributed by atoms with van der Waals surface area (Å²) in [6.07, 6.45) is 3.75. The van der Waals surface area contributed by atoms with Crippen LogP contribution in [0.3, 0.4) is 0 Å². The van der Waals surface area contributed by atoms with E-state index in [-0.39, 0.29) is 11.8 Å². The van der Waals surface area contributed by atoms with Crippen LogP contribution in [0.5, 0.6) is 0 Å². The van der Waals surface area contributed by atoms with Gasteiger partial charge in [0.25, 0.3) is 0 Å². The quantitative estimate of drug-likeness (QED) is 0.868. The molecule has 6 heteroatoms. The predicted molar refractivity (Wildman–Crippen MR) is 80.3 cm³/mol. The molecule has 3 heterocycles. The van der Waals surface area contributed by atoms with Gasteiger partial charge in [-0.15, -0.1) is 0 Å². The maximum atomic E-state index is 11.9. The average molecular weight is 303 g/mol. The molecule has 1 aromatic carbocycles. The molecule has 2 aromatic rings. The lowest BCUT2D eigenvalue weighted by molar-refractivity contribution is 0.160. The highest BCUT2D eigenvalue weighted by molar-refractivity contribution is 7.89. The first-order chi connectivity index (χ1) is 10.1. The van der Waals surface area contributed by atoms with Crippen molar-refractivity contribution < 1.29 is 8.42 Å². The average Bonchev–Trinajstić information content (AvgIpc) is 3.00. The van der Waals surface area contributed by atoms with Gasteiger partial charge in [-0.1, -0.05) is 24.3 Å². The highest BCUT2D eigenvalue weighted by atomic mass is 32.2. The van der Waals surface area contributed by atoms with Crippen molar-refractivity contribution in [3.63, 3.8) is 0 Å². The fraction of sp³-hybridized carbons (Fsp3) is 0.400. The lowest BCUT2D eigenvalue weighted by Crippen LogP contribution is -2.53. The second kappa shape index (κ2) is 4.42. The smallest absolute Gasteiger partial charge is 0.213 e. The highest BCUT2D eigenvalue weighted by Crippen LogP contribution is 2.45. The number of imidazole rings is 1. The van der Waals surface area contributed by atoms with Gasteiger partial charge in [-0.05, 0) is 12.5 Å². The molecule has 0 N–H and O–H groups in total. The summed E-state index contributed by atoms with van der Waals surface area (Å²) in [5, 5.41) is 0. The Morgan fingerprint density at radius 1 is 1.29 bits per heavy atom. The molecule has 1 unspecified atom stereocenters. The van der Waals surface area contributed by atoms with Crippen molar-refractivity contribution in [2.24, 2.45) is 5.92 Å². The molecule has 0 aliphatic carbocycles. The van der Waals surface area contributed by atoms with Crippen molar-refractivity contribution in [2.75, 3.05) is 18.8 Å². The number of benzene rings is 1. The molecular formula is C15H17N3O2S. The molecule has 0 bridgehead atoms. The largest absolute Gasteiger partial charge is 0.323 e. The van der Waals surface area contributed by atoms with E-state index in [1.54, 1.807) is 11.2 Å². The number of rotatable bonds is 3. The first-order valence-electron chi connectivity index (χ1n) is 7.21. The third kappa shape index (κ3) is 1.79. The first-order valence-corrected chi connectivity index (χ1v) is 8.81. The molecule has 110 valence electrons. The summed E-state index contributed by atoms with van der Waals surface area (Å²) in [6.45, 7) is 2.90. The Kier molecular flexibility index (Phi) is 2.74. The van der Waals surface area contributed by atoms with Crippen molar-refractivity contribution in [1.29, 1.82) is 0 Å². The minimum Gasteiger partial charge on any atom is -0.323 e. The van der Waals surface area contributed by atoms with E-state index in [4.69, 9.17) is 0 Å². The molecule has 1 atom stereocenters. The maximum Gasteiger partial charge on any atom is 0.213 e. The first kappa shape index (κ1) is 13.0. The van der Waals surface area contributed by atoms with E-state index in [1.807, 2.05) is 24.7 Å². The molecule has 5 nitrogen and oxygen atoms in total. The summed E-state index contributed by atoms with van der Waals surface area (Å²) in [7, 11) is -3.06. The molecule has 1 aromatic heterocycles. The third-order valence-corrected chi connectivity index (χ3v) is 6.42. The van der Waals surface area contributed by atoms with Gasteiger partial charge in [0, 0.05) is 24.6 Å². The van der Waals surface area contributed by atoms with Gasteiger partial charge in [0.05, 0.1) is 30.0 Å². The lowest BCUT2D eigenvalue weighted by Gasteiger charge is -2.41. The number of nitrogens with zero attached hydrogens (tertiary/aromatic N) is 3. The monoisotopic (exact) mass is 303 g/mol. The van der Waals surface area contributed by atoms with Gasteiger partial charge >= 0.3 is 0 Å². The number of fused-ring (bicyclic) bond motifs is 3. The Labute approximate surface area is 124 Å². The summed E-state index contributed by atoms with van der Waals surface area (Å²) in [5.41, 5.74) is 3.64. The van der Waals surface area contributed by atoms with E-state index in [0.29, 0.717) is 19.0 Å². The zero-order valence-electron chi connectivity index (χ0n) is 11.8. The van der Waals surface area contributed by atoms with Gasteiger partial charge in [-0.3, -0.25) is 0 Å². The van der Waals surface area contributed by atoms with Crippen LogP contribution in [0.25, 0.3) is 11.3 Å². The van der Waals surface area contributed by atoms with E-state index in [1.165, 1.54) is 11.1 Å². The summed E-state index contributed by atoms with van der Waals surface area (Å²) >= 11 is 0. The predicted octanol–water partition coefficient (Wildman–Crippen LogP) is 1.73. The van der Waals surface area contributed by atoms with Crippen LogP contribution >= 0.6 is 0 Å². The van der Waals surface area contributed by atoms with Crippen LogP contribution < -0.4 is 0 Å². The van der Waals surface area contributed by atoms with Crippen molar-refractivity contribution in [3.8, 4) is 11.3 Å². The van der Waals surface area contributed by atoms with E-state index in [9.17, 15) is 8.42 Å². The molecule has 1 fully saturated rings. The van der Waals surface area contributed by atoms with Crippen molar-refractivity contribution in [3.05, 3.63) is 42.4 Å². The second-order valence-corrected chi connectivity index (χ2v) is 7.95. The van der Waals surface area contributed by atoms with Crippen molar-refractivity contribution >= 4 is 10.0 Å². The lowest BCUT2D eigenvalue weighted by atomic mass is 9.88. The van der Waals surface area contributed by atoms with E-state index >= 15 is 0 Å². The summed E-state index contributed by atoms with van der Waals surface area (Å²) in [4.78, 5) is 4.25. The van der Waals surface area contributed by atoms with Gasteiger partial charge in [0.15, 0.2) is 0 Å². The molecule has 0 saturated carbocycles. The van der Waals surface area contributed by atoms with Gasteiger partial charge in [-0.25, -0.2) is 17.7 Å². The molecule has 2 aliphatic heterocycles. The minimum atomic E-state index is -3.06. The molecule has 4 rings (SSSR count). The second-order valence-electron chi connectivity index (χ2n) is 5.70. The maximum absolute atomic E-state index is 11.9. The van der Waals surface area contributed by atoms with Crippen LogP contribution in [0.4, 0.5) is 0 Å². The molecule has 1 saturated heterocycles. The zero-order chi connectivity index (χ0) is 14.6.